The monoisotopic (exact) mass is 348 g/mol. The van der Waals surface area contributed by atoms with Gasteiger partial charge in [0.25, 0.3) is 0 Å². The van der Waals surface area contributed by atoms with Crippen LogP contribution in [0, 0.1) is 0 Å². The third-order valence-corrected chi connectivity index (χ3v) is 4.59. The molecule has 126 valence electrons. The van der Waals surface area contributed by atoms with Gasteiger partial charge in [-0.3, -0.25) is 9.69 Å². The molecule has 1 unspecified atom stereocenters. The summed E-state index contributed by atoms with van der Waals surface area (Å²) in [4.78, 5) is 30.3. The number of nitrogens with two attached hydrogens (primary N) is 1. The number of piperazine rings is 1. The molecule has 1 atom stereocenters. The lowest BCUT2D eigenvalue weighted by Gasteiger charge is -2.46. The van der Waals surface area contributed by atoms with Crippen molar-refractivity contribution in [1.29, 1.82) is 0 Å². The van der Waals surface area contributed by atoms with Gasteiger partial charge in [-0.05, 0) is 30.5 Å². The second kappa shape index (κ2) is 5.92. The van der Waals surface area contributed by atoms with Crippen molar-refractivity contribution in [3.05, 3.63) is 35.6 Å². The molecule has 0 spiro atoms. The van der Waals surface area contributed by atoms with E-state index in [4.69, 9.17) is 17.3 Å². The first-order chi connectivity index (χ1) is 11.3. The molecule has 1 fully saturated rings. The molecule has 0 aliphatic carbocycles. The molecule has 24 heavy (non-hydrogen) atoms. The summed E-state index contributed by atoms with van der Waals surface area (Å²) < 4.78 is 0. The van der Waals surface area contributed by atoms with Crippen LogP contribution in [0.1, 0.15) is 6.92 Å². The van der Waals surface area contributed by atoms with E-state index in [0.717, 1.165) is 21.4 Å². The zero-order chi connectivity index (χ0) is 17.5. The number of anilines is 1. The number of rotatable bonds is 2. The number of hydrogen-bond donors (Lipinski definition) is 2. The molecule has 2 aromatic rings. The first kappa shape index (κ1) is 16.5. The van der Waals surface area contributed by atoms with Crippen LogP contribution < -0.4 is 10.6 Å². The zero-order valence-electron chi connectivity index (χ0n) is 13.1. The highest BCUT2D eigenvalue weighted by Crippen LogP contribution is 2.27. The van der Waals surface area contributed by atoms with Gasteiger partial charge >= 0.3 is 6.09 Å². The van der Waals surface area contributed by atoms with Gasteiger partial charge in [0.05, 0.1) is 6.54 Å². The molecule has 0 radical (unpaired) electrons. The average molecular weight is 349 g/mol. The smallest absolute Gasteiger partial charge is 0.409 e. The Morgan fingerprint density at radius 2 is 2.04 bits per heavy atom. The fourth-order valence-electron chi connectivity index (χ4n) is 2.96. The van der Waals surface area contributed by atoms with Crippen LogP contribution in [0.15, 0.2) is 30.5 Å². The van der Waals surface area contributed by atoms with Gasteiger partial charge in [0.15, 0.2) is 11.4 Å². The molecule has 1 aromatic carbocycles. The SMILES string of the molecule is CC(=O)C1(N)CN(c2ccc3cnc(Cl)cc3c2)CCN1C(=O)O. The van der Waals surface area contributed by atoms with Crippen LogP contribution in [-0.4, -0.2) is 52.2 Å². The summed E-state index contributed by atoms with van der Waals surface area (Å²) in [5, 5.41) is 11.6. The summed E-state index contributed by atoms with van der Waals surface area (Å²) in [6, 6.07) is 7.49. The molecule has 0 bridgehead atoms. The van der Waals surface area contributed by atoms with E-state index in [1.54, 1.807) is 12.3 Å². The Bertz CT molecular complexity index is 828. The molecule has 3 rings (SSSR count). The largest absolute Gasteiger partial charge is 0.465 e. The molecular formula is C16H17ClN4O3. The zero-order valence-corrected chi connectivity index (χ0v) is 13.8. The molecule has 1 saturated heterocycles. The molecule has 2 heterocycles. The van der Waals surface area contributed by atoms with Crippen molar-refractivity contribution in [2.75, 3.05) is 24.5 Å². The van der Waals surface area contributed by atoms with Crippen LogP contribution in [0.2, 0.25) is 5.15 Å². The van der Waals surface area contributed by atoms with Gasteiger partial charge in [-0.1, -0.05) is 17.7 Å². The van der Waals surface area contributed by atoms with Crippen LogP contribution in [0.25, 0.3) is 10.8 Å². The van der Waals surface area contributed by atoms with Gasteiger partial charge in [-0.25, -0.2) is 9.78 Å². The number of carbonyl (C=O) groups is 2. The first-order valence-electron chi connectivity index (χ1n) is 7.42. The summed E-state index contributed by atoms with van der Waals surface area (Å²) >= 11 is 5.94. The van der Waals surface area contributed by atoms with E-state index < -0.39 is 11.8 Å². The van der Waals surface area contributed by atoms with Gasteiger partial charge in [0, 0.05) is 30.4 Å². The first-order valence-corrected chi connectivity index (χ1v) is 7.80. The fraction of sp³-hybridized carbons (Fsp3) is 0.312. The van der Waals surface area contributed by atoms with Crippen LogP contribution in [-0.2, 0) is 4.79 Å². The lowest BCUT2D eigenvalue weighted by molar-refractivity contribution is -0.128. The second-order valence-corrected chi connectivity index (χ2v) is 6.26. The Balaban J connectivity index is 1.96. The highest BCUT2D eigenvalue weighted by molar-refractivity contribution is 6.30. The molecule has 7 nitrogen and oxygen atoms in total. The van der Waals surface area contributed by atoms with Crippen LogP contribution in [0.3, 0.4) is 0 Å². The quantitative estimate of drug-likeness (QED) is 0.804. The van der Waals surface area contributed by atoms with E-state index in [9.17, 15) is 14.7 Å². The molecule has 1 aliphatic rings. The number of Topliss-reactive ketones (excluding diaryl/α,β-unsaturated/α-hetero) is 1. The van der Waals surface area contributed by atoms with Crippen molar-refractivity contribution >= 4 is 39.9 Å². The number of carbonyl (C=O) groups excluding carboxylic acids is 1. The number of hydrogen-bond acceptors (Lipinski definition) is 5. The van der Waals surface area contributed by atoms with Gasteiger partial charge in [0.2, 0.25) is 0 Å². The van der Waals surface area contributed by atoms with Crippen LogP contribution in [0.5, 0.6) is 0 Å². The number of nitrogens with zero attached hydrogens (tertiary/aromatic N) is 3. The Morgan fingerprint density at radius 3 is 2.71 bits per heavy atom. The third kappa shape index (κ3) is 2.76. The summed E-state index contributed by atoms with van der Waals surface area (Å²) in [7, 11) is 0. The van der Waals surface area contributed by atoms with E-state index in [2.05, 4.69) is 4.98 Å². The molecule has 3 N–H and O–H groups in total. The fourth-order valence-corrected chi connectivity index (χ4v) is 3.13. The van der Waals surface area contributed by atoms with E-state index in [1.807, 2.05) is 23.1 Å². The number of ketones is 1. The van der Waals surface area contributed by atoms with E-state index in [-0.39, 0.29) is 18.9 Å². The Kier molecular flexibility index (Phi) is 4.06. The molecule has 1 aromatic heterocycles. The standard InChI is InChI=1S/C16H17ClN4O3/c1-10(22)16(18)9-20(4-5-21(16)15(23)24)13-3-2-11-8-19-14(17)7-12(11)6-13/h2-3,6-8H,4-5,9,18H2,1H3,(H,23,24). The Hall–Kier alpha value is -2.38. The van der Waals surface area contributed by atoms with Gasteiger partial charge in [-0.2, -0.15) is 0 Å². The summed E-state index contributed by atoms with van der Waals surface area (Å²) in [5.74, 6) is -0.386. The summed E-state index contributed by atoms with van der Waals surface area (Å²) in [5.41, 5.74) is 5.43. The van der Waals surface area contributed by atoms with E-state index in [0.29, 0.717) is 11.7 Å². The number of pyridine rings is 1. The van der Waals surface area contributed by atoms with Crippen molar-refractivity contribution in [2.45, 2.75) is 12.6 Å². The average Bonchev–Trinajstić information content (AvgIpc) is 2.53. The van der Waals surface area contributed by atoms with Crippen molar-refractivity contribution in [3.63, 3.8) is 0 Å². The second-order valence-electron chi connectivity index (χ2n) is 5.87. The number of aromatic nitrogens is 1. The maximum Gasteiger partial charge on any atom is 0.409 e. The highest BCUT2D eigenvalue weighted by atomic mass is 35.5. The topological polar surface area (TPSA) is 99.8 Å². The molecule has 0 saturated carbocycles. The number of carboxylic acid groups (broad SMARTS) is 1. The van der Waals surface area contributed by atoms with Crippen LogP contribution in [0.4, 0.5) is 10.5 Å². The van der Waals surface area contributed by atoms with Gasteiger partial charge in [-0.15, -0.1) is 0 Å². The molecule has 8 heteroatoms. The molecule has 1 aliphatic heterocycles. The van der Waals surface area contributed by atoms with Crippen molar-refractivity contribution in [3.8, 4) is 0 Å². The minimum Gasteiger partial charge on any atom is -0.465 e. The third-order valence-electron chi connectivity index (χ3n) is 4.38. The van der Waals surface area contributed by atoms with Crippen molar-refractivity contribution < 1.29 is 14.7 Å². The number of fused-ring (bicyclic) bond motifs is 1. The lowest BCUT2D eigenvalue weighted by atomic mass is 10.00. The normalized spacial score (nSPS) is 21.1. The van der Waals surface area contributed by atoms with Crippen molar-refractivity contribution in [2.24, 2.45) is 5.73 Å². The predicted molar refractivity (Wildman–Crippen MR) is 91.3 cm³/mol. The van der Waals surface area contributed by atoms with Crippen LogP contribution >= 0.6 is 11.6 Å². The van der Waals surface area contributed by atoms with E-state index in [1.165, 1.54) is 6.92 Å². The summed E-state index contributed by atoms with van der Waals surface area (Å²) in [6.07, 6.45) is 0.496. The summed E-state index contributed by atoms with van der Waals surface area (Å²) in [6.45, 7) is 2.01. The lowest BCUT2D eigenvalue weighted by Crippen LogP contribution is -2.72. The predicted octanol–water partition coefficient (Wildman–Crippen LogP) is 1.93. The van der Waals surface area contributed by atoms with Gasteiger partial charge < -0.3 is 15.7 Å². The maximum absolute atomic E-state index is 12.0. The number of benzene rings is 1. The Labute approximate surface area is 143 Å². The minimum absolute atomic E-state index is 0.0962. The van der Waals surface area contributed by atoms with Crippen molar-refractivity contribution in [1.82, 2.24) is 9.88 Å². The Morgan fingerprint density at radius 1 is 1.29 bits per heavy atom. The van der Waals surface area contributed by atoms with E-state index >= 15 is 0 Å². The maximum atomic E-state index is 12.0. The number of amides is 1. The molecule has 1 amide bonds. The highest BCUT2D eigenvalue weighted by Gasteiger charge is 2.45. The van der Waals surface area contributed by atoms with Gasteiger partial charge in [0.1, 0.15) is 5.15 Å². The molecular weight excluding hydrogens is 332 g/mol. The number of halogens is 1. The minimum atomic E-state index is -1.56.